The van der Waals surface area contributed by atoms with Gasteiger partial charge >= 0.3 is 5.97 Å². The Balaban J connectivity index is 1.80. The number of carbonyl (C=O) groups is 2. The number of Topliss-reactive ketones (excluding diaryl/α,β-unsaturated/α-hetero) is 1. The fourth-order valence-electron chi connectivity index (χ4n) is 2.08. The molecule has 0 aromatic heterocycles. The summed E-state index contributed by atoms with van der Waals surface area (Å²) in [4.78, 5) is 22.9. The lowest BCUT2D eigenvalue weighted by Gasteiger charge is -2.09. The van der Waals surface area contributed by atoms with Gasteiger partial charge in [0.25, 0.3) is 0 Å². The molecule has 4 heteroatoms. The third kappa shape index (κ3) is 3.89. The zero-order chi connectivity index (χ0) is 13.7. The summed E-state index contributed by atoms with van der Waals surface area (Å²) in [6.45, 7) is 2.68. The van der Waals surface area contributed by atoms with Crippen molar-refractivity contribution in [1.29, 1.82) is 0 Å². The van der Waals surface area contributed by atoms with Crippen LogP contribution in [-0.4, -0.2) is 31.1 Å². The van der Waals surface area contributed by atoms with Crippen LogP contribution in [0.2, 0.25) is 0 Å². The molecule has 0 spiro atoms. The van der Waals surface area contributed by atoms with Gasteiger partial charge in [0, 0.05) is 18.6 Å². The van der Waals surface area contributed by atoms with Crippen molar-refractivity contribution in [3.63, 3.8) is 0 Å². The maximum Gasteiger partial charge on any atom is 0.338 e. The molecule has 0 amide bonds. The summed E-state index contributed by atoms with van der Waals surface area (Å²) in [7, 11) is 0. The van der Waals surface area contributed by atoms with Gasteiger partial charge in [0.2, 0.25) is 0 Å². The van der Waals surface area contributed by atoms with Crippen molar-refractivity contribution in [2.45, 2.75) is 32.3 Å². The van der Waals surface area contributed by atoms with Crippen LogP contribution in [0.1, 0.15) is 46.9 Å². The lowest BCUT2D eigenvalue weighted by Crippen LogP contribution is -2.13. The molecule has 1 saturated heterocycles. The summed E-state index contributed by atoms with van der Waals surface area (Å²) in [6.07, 6.45) is 3.11. The Morgan fingerprint density at radius 3 is 2.53 bits per heavy atom. The van der Waals surface area contributed by atoms with Crippen LogP contribution in [0.5, 0.6) is 0 Å². The number of carbonyl (C=O) groups excluding carboxylic acids is 2. The van der Waals surface area contributed by atoms with Gasteiger partial charge in [0.15, 0.2) is 5.78 Å². The third-order valence-electron chi connectivity index (χ3n) is 3.22. The van der Waals surface area contributed by atoms with E-state index in [-0.39, 0.29) is 17.9 Å². The minimum atomic E-state index is -0.354. The van der Waals surface area contributed by atoms with Gasteiger partial charge in [-0.15, -0.1) is 0 Å². The van der Waals surface area contributed by atoms with Crippen LogP contribution in [0.4, 0.5) is 0 Å². The van der Waals surface area contributed by atoms with E-state index in [1.165, 1.54) is 6.92 Å². The van der Waals surface area contributed by atoms with E-state index >= 15 is 0 Å². The van der Waals surface area contributed by atoms with Crippen LogP contribution in [0.15, 0.2) is 24.3 Å². The second kappa shape index (κ2) is 6.48. The second-order valence-electron chi connectivity index (χ2n) is 4.69. The highest BCUT2D eigenvalue weighted by atomic mass is 16.5. The zero-order valence-corrected chi connectivity index (χ0v) is 11.1. The number of rotatable bonds is 5. The predicted octanol–water partition coefficient (Wildman–Crippen LogP) is 2.62. The van der Waals surface area contributed by atoms with Crippen LogP contribution < -0.4 is 0 Å². The molecule has 1 aromatic rings. The highest BCUT2D eigenvalue weighted by Gasteiger charge is 2.16. The predicted molar refractivity (Wildman–Crippen MR) is 70.3 cm³/mol. The summed E-state index contributed by atoms with van der Waals surface area (Å²) in [5.41, 5.74) is 1.06. The molecule has 102 valence electrons. The molecule has 1 fully saturated rings. The van der Waals surface area contributed by atoms with E-state index in [1.54, 1.807) is 24.3 Å². The van der Waals surface area contributed by atoms with E-state index < -0.39 is 0 Å². The Labute approximate surface area is 112 Å². The molecule has 2 rings (SSSR count). The monoisotopic (exact) mass is 262 g/mol. The van der Waals surface area contributed by atoms with E-state index in [2.05, 4.69) is 0 Å². The smallest absolute Gasteiger partial charge is 0.338 e. The molecule has 1 heterocycles. The lowest BCUT2D eigenvalue weighted by atomic mass is 10.1. The summed E-state index contributed by atoms with van der Waals surface area (Å²) < 4.78 is 10.6. The summed E-state index contributed by atoms with van der Waals surface area (Å²) >= 11 is 0. The molecule has 1 aliphatic rings. The minimum Gasteiger partial charge on any atom is -0.462 e. The average Bonchev–Trinajstić information content (AvgIpc) is 2.92. The second-order valence-corrected chi connectivity index (χ2v) is 4.69. The van der Waals surface area contributed by atoms with Gasteiger partial charge in [-0.25, -0.2) is 4.79 Å². The van der Waals surface area contributed by atoms with E-state index in [9.17, 15) is 9.59 Å². The fraction of sp³-hybridized carbons (Fsp3) is 0.467. The van der Waals surface area contributed by atoms with Crippen LogP contribution in [0, 0.1) is 0 Å². The Morgan fingerprint density at radius 2 is 1.95 bits per heavy atom. The molecule has 1 atom stereocenters. The largest absolute Gasteiger partial charge is 0.462 e. The van der Waals surface area contributed by atoms with Crippen LogP contribution >= 0.6 is 0 Å². The third-order valence-corrected chi connectivity index (χ3v) is 3.22. The number of ether oxygens (including phenoxy) is 2. The van der Waals surface area contributed by atoms with Crippen molar-refractivity contribution < 1.29 is 19.1 Å². The van der Waals surface area contributed by atoms with Gasteiger partial charge in [-0.1, -0.05) is 12.1 Å². The van der Waals surface area contributed by atoms with Crippen LogP contribution in [-0.2, 0) is 9.47 Å². The van der Waals surface area contributed by atoms with Crippen molar-refractivity contribution in [1.82, 2.24) is 0 Å². The van der Waals surface area contributed by atoms with Crippen molar-refractivity contribution >= 4 is 11.8 Å². The molecular weight excluding hydrogens is 244 g/mol. The Hall–Kier alpha value is -1.68. The maximum absolute atomic E-state index is 11.8. The van der Waals surface area contributed by atoms with Crippen LogP contribution in [0.3, 0.4) is 0 Å². The fourth-order valence-corrected chi connectivity index (χ4v) is 2.08. The number of benzene rings is 1. The maximum atomic E-state index is 11.8. The lowest BCUT2D eigenvalue weighted by molar-refractivity contribution is 0.0385. The molecule has 19 heavy (non-hydrogen) atoms. The first-order valence-electron chi connectivity index (χ1n) is 6.56. The van der Waals surface area contributed by atoms with Gasteiger partial charge < -0.3 is 9.47 Å². The molecule has 0 N–H and O–H groups in total. The van der Waals surface area contributed by atoms with Gasteiger partial charge in [-0.3, -0.25) is 4.79 Å². The molecule has 0 aliphatic carbocycles. The summed E-state index contributed by atoms with van der Waals surface area (Å²) in [6, 6.07) is 6.51. The molecular formula is C15H18O4. The standard InChI is InChI=1S/C15H18O4/c1-11(16)12-4-6-13(7-5-12)15(17)19-10-8-14-3-2-9-18-14/h4-7,14H,2-3,8-10H2,1H3/t14-/m0/s1. The Kier molecular flexibility index (Phi) is 4.68. The van der Waals surface area contributed by atoms with Crippen molar-refractivity contribution in [2.24, 2.45) is 0 Å². The SMILES string of the molecule is CC(=O)c1ccc(C(=O)OCC[C@@H]2CCCO2)cc1. The van der Waals surface area contributed by atoms with E-state index in [0.717, 1.165) is 25.9 Å². The molecule has 0 unspecified atom stereocenters. The van der Waals surface area contributed by atoms with Crippen molar-refractivity contribution in [3.05, 3.63) is 35.4 Å². The number of hydrogen-bond acceptors (Lipinski definition) is 4. The van der Waals surface area contributed by atoms with Crippen molar-refractivity contribution in [2.75, 3.05) is 13.2 Å². The number of ketones is 1. The van der Waals surface area contributed by atoms with E-state index in [4.69, 9.17) is 9.47 Å². The Bertz CT molecular complexity index is 444. The Morgan fingerprint density at radius 1 is 1.26 bits per heavy atom. The van der Waals surface area contributed by atoms with Gasteiger partial charge in [-0.05, 0) is 31.9 Å². The van der Waals surface area contributed by atoms with Crippen LogP contribution in [0.25, 0.3) is 0 Å². The highest BCUT2D eigenvalue weighted by Crippen LogP contribution is 2.15. The molecule has 4 nitrogen and oxygen atoms in total. The topological polar surface area (TPSA) is 52.6 Å². The first-order chi connectivity index (χ1) is 9.16. The molecule has 0 bridgehead atoms. The molecule has 0 saturated carbocycles. The summed E-state index contributed by atoms with van der Waals surface area (Å²) in [5, 5.41) is 0. The van der Waals surface area contributed by atoms with Crippen molar-refractivity contribution in [3.8, 4) is 0 Å². The van der Waals surface area contributed by atoms with Gasteiger partial charge in [0.1, 0.15) is 0 Å². The zero-order valence-electron chi connectivity index (χ0n) is 11.1. The normalized spacial score (nSPS) is 18.3. The number of esters is 1. The van der Waals surface area contributed by atoms with E-state index in [1.807, 2.05) is 0 Å². The average molecular weight is 262 g/mol. The quantitative estimate of drug-likeness (QED) is 0.604. The molecule has 0 radical (unpaired) electrons. The first kappa shape index (κ1) is 13.7. The summed E-state index contributed by atoms with van der Waals surface area (Å²) in [5.74, 6) is -0.369. The first-order valence-corrected chi connectivity index (χ1v) is 6.56. The molecule has 1 aliphatic heterocycles. The highest BCUT2D eigenvalue weighted by molar-refractivity contribution is 5.96. The number of hydrogen-bond donors (Lipinski definition) is 0. The minimum absolute atomic E-state index is 0.0155. The van der Waals surface area contributed by atoms with Gasteiger partial charge in [0.05, 0.1) is 18.3 Å². The van der Waals surface area contributed by atoms with E-state index in [0.29, 0.717) is 17.7 Å². The molecule has 1 aromatic carbocycles. The van der Waals surface area contributed by atoms with Gasteiger partial charge in [-0.2, -0.15) is 0 Å².